The molecule has 1 amide bonds. The number of nitrogens with one attached hydrogen (secondary N) is 2. The molecule has 0 bridgehead atoms. The molecule has 0 aliphatic heterocycles. The van der Waals surface area contributed by atoms with Gasteiger partial charge in [-0.1, -0.05) is 25.7 Å². The molecule has 0 atom stereocenters. The van der Waals surface area contributed by atoms with E-state index in [4.69, 9.17) is 0 Å². The summed E-state index contributed by atoms with van der Waals surface area (Å²) in [5, 5.41) is 6.21. The van der Waals surface area contributed by atoms with Gasteiger partial charge in [-0.3, -0.25) is 4.79 Å². The zero-order valence-corrected chi connectivity index (χ0v) is 12.4. The van der Waals surface area contributed by atoms with Crippen LogP contribution in [0.2, 0.25) is 0 Å². The number of amides is 1. The minimum Gasteiger partial charge on any atom is -0.352 e. The maximum absolute atomic E-state index is 12.2. The molecule has 1 heterocycles. The van der Waals surface area contributed by atoms with Crippen molar-refractivity contribution in [1.29, 1.82) is 0 Å². The van der Waals surface area contributed by atoms with E-state index < -0.39 is 0 Å². The van der Waals surface area contributed by atoms with Crippen molar-refractivity contribution < 1.29 is 4.79 Å². The van der Waals surface area contributed by atoms with E-state index >= 15 is 0 Å². The number of anilines is 1. The minimum atomic E-state index is -0.0916. The number of carbonyl (C=O) groups excluding carboxylic acids is 1. The van der Waals surface area contributed by atoms with Gasteiger partial charge in [-0.05, 0) is 32.8 Å². The Labute approximate surface area is 120 Å². The molecule has 5 heteroatoms. The number of carbonyl (C=O) groups is 1. The molecule has 0 aromatic carbocycles. The van der Waals surface area contributed by atoms with E-state index in [2.05, 4.69) is 20.6 Å². The third kappa shape index (κ3) is 4.47. The van der Waals surface area contributed by atoms with Gasteiger partial charge in [0.15, 0.2) is 0 Å². The third-order valence-electron chi connectivity index (χ3n) is 3.50. The van der Waals surface area contributed by atoms with Crippen LogP contribution >= 0.6 is 0 Å². The lowest BCUT2D eigenvalue weighted by Crippen LogP contribution is -2.35. The van der Waals surface area contributed by atoms with Crippen LogP contribution in [0.3, 0.4) is 0 Å². The summed E-state index contributed by atoms with van der Waals surface area (Å²) in [5.41, 5.74) is 0.437. The van der Waals surface area contributed by atoms with Crippen LogP contribution in [0.5, 0.6) is 0 Å². The van der Waals surface area contributed by atoms with E-state index in [-0.39, 0.29) is 11.9 Å². The van der Waals surface area contributed by atoms with Crippen LogP contribution in [0.4, 0.5) is 5.95 Å². The first-order valence-electron chi connectivity index (χ1n) is 7.55. The van der Waals surface area contributed by atoms with Gasteiger partial charge in [0.1, 0.15) is 5.69 Å². The van der Waals surface area contributed by atoms with E-state index in [1.54, 1.807) is 12.3 Å². The van der Waals surface area contributed by atoms with Crippen molar-refractivity contribution in [1.82, 2.24) is 15.3 Å². The summed E-state index contributed by atoms with van der Waals surface area (Å²) in [6, 6.07) is 2.20. The summed E-state index contributed by atoms with van der Waals surface area (Å²) in [5.74, 6) is 0.416. The highest BCUT2D eigenvalue weighted by Crippen LogP contribution is 2.17. The molecule has 1 aliphatic carbocycles. The Morgan fingerprint density at radius 1 is 1.25 bits per heavy atom. The SMILES string of the molecule is CC(C)Nc1nccc(C(=O)NC2CCCCCC2)n1. The van der Waals surface area contributed by atoms with Crippen LogP contribution in [0.15, 0.2) is 12.3 Å². The summed E-state index contributed by atoms with van der Waals surface area (Å²) >= 11 is 0. The molecular formula is C15H24N4O. The first-order valence-corrected chi connectivity index (χ1v) is 7.55. The normalized spacial score (nSPS) is 16.8. The number of aromatic nitrogens is 2. The van der Waals surface area contributed by atoms with Gasteiger partial charge in [0.25, 0.3) is 5.91 Å². The Hall–Kier alpha value is -1.65. The van der Waals surface area contributed by atoms with Gasteiger partial charge < -0.3 is 10.6 Å². The summed E-state index contributed by atoms with van der Waals surface area (Å²) in [6.45, 7) is 4.03. The number of hydrogen-bond acceptors (Lipinski definition) is 4. The standard InChI is InChI=1S/C15H24N4O/c1-11(2)17-15-16-10-9-13(19-15)14(20)18-12-7-5-3-4-6-8-12/h9-12H,3-8H2,1-2H3,(H,18,20)(H,16,17,19). The first-order chi connectivity index (χ1) is 9.65. The highest BCUT2D eigenvalue weighted by Gasteiger charge is 2.17. The Morgan fingerprint density at radius 3 is 2.60 bits per heavy atom. The van der Waals surface area contributed by atoms with Crippen molar-refractivity contribution in [2.75, 3.05) is 5.32 Å². The number of nitrogens with zero attached hydrogens (tertiary/aromatic N) is 2. The molecule has 0 unspecified atom stereocenters. The fraction of sp³-hybridized carbons (Fsp3) is 0.667. The molecule has 110 valence electrons. The van der Waals surface area contributed by atoms with Crippen LogP contribution < -0.4 is 10.6 Å². The third-order valence-corrected chi connectivity index (χ3v) is 3.50. The predicted octanol–water partition coefficient (Wildman–Crippen LogP) is 2.75. The number of rotatable bonds is 4. The van der Waals surface area contributed by atoms with Gasteiger partial charge >= 0.3 is 0 Å². The van der Waals surface area contributed by atoms with Crippen molar-refractivity contribution in [3.05, 3.63) is 18.0 Å². The lowest BCUT2D eigenvalue weighted by molar-refractivity contribution is 0.0928. The van der Waals surface area contributed by atoms with Crippen LogP contribution in [0, 0.1) is 0 Å². The van der Waals surface area contributed by atoms with Crippen molar-refractivity contribution in [3.63, 3.8) is 0 Å². The minimum absolute atomic E-state index is 0.0916. The monoisotopic (exact) mass is 276 g/mol. The van der Waals surface area contributed by atoms with E-state index in [1.165, 1.54) is 25.7 Å². The lowest BCUT2D eigenvalue weighted by Gasteiger charge is -2.16. The van der Waals surface area contributed by atoms with Crippen LogP contribution in [0.1, 0.15) is 62.9 Å². The van der Waals surface area contributed by atoms with Crippen molar-refractivity contribution in [2.24, 2.45) is 0 Å². The van der Waals surface area contributed by atoms with E-state index in [9.17, 15) is 4.79 Å². The zero-order valence-electron chi connectivity index (χ0n) is 12.4. The molecule has 5 nitrogen and oxygen atoms in total. The van der Waals surface area contributed by atoms with Gasteiger partial charge in [0, 0.05) is 18.3 Å². The molecular weight excluding hydrogens is 252 g/mol. The predicted molar refractivity (Wildman–Crippen MR) is 79.7 cm³/mol. The van der Waals surface area contributed by atoms with Gasteiger partial charge in [-0.2, -0.15) is 0 Å². The molecule has 20 heavy (non-hydrogen) atoms. The molecule has 2 N–H and O–H groups in total. The second-order valence-corrected chi connectivity index (χ2v) is 5.73. The lowest BCUT2D eigenvalue weighted by atomic mass is 10.1. The van der Waals surface area contributed by atoms with Crippen LogP contribution in [-0.4, -0.2) is 28.0 Å². The fourth-order valence-corrected chi connectivity index (χ4v) is 2.50. The largest absolute Gasteiger partial charge is 0.352 e. The molecule has 0 spiro atoms. The van der Waals surface area contributed by atoms with E-state index in [0.29, 0.717) is 17.7 Å². The van der Waals surface area contributed by atoms with Crippen molar-refractivity contribution >= 4 is 11.9 Å². The first kappa shape index (κ1) is 14.8. The molecule has 2 rings (SSSR count). The second-order valence-electron chi connectivity index (χ2n) is 5.73. The quantitative estimate of drug-likeness (QED) is 0.830. The molecule has 0 radical (unpaired) electrons. The topological polar surface area (TPSA) is 66.9 Å². The van der Waals surface area contributed by atoms with Gasteiger partial charge in [-0.25, -0.2) is 9.97 Å². The zero-order chi connectivity index (χ0) is 14.4. The average Bonchev–Trinajstić information content (AvgIpc) is 2.67. The summed E-state index contributed by atoms with van der Waals surface area (Å²) < 4.78 is 0. The van der Waals surface area contributed by atoms with Crippen molar-refractivity contribution in [2.45, 2.75) is 64.5 Å². The van der Waals surface area contributed by atoms with Crippen molar-refractivity contribution in [3.8, 4) is 0 Å². The molecule has 0 saturated heterocycles. The van der Waals surface area contributed by atoms with E-state index in [0.717, 1.165) is 12.8 Å². The average molecular weight is 276 g/mol. The number of hydrogen-bond donors (Lipinski definition) is 2. The molecule has 1 aromatic heterocycles. The molecule has 1 fully saturated rings. The Morgan fingerprint density at radius 2 is 1.95 bits per heavy atom. The maximum atomic E-state index is 12.2. The highest BCUT2D eigenvalue weighted by molar-refractivity contribution is 5.92. The van der Waals surface area contributed by atoms with Gasteiger partial charge in [0.2, 0.25) is 5.95 Å². The maximum Gasteiger partial charge on any atom is 0.270 e. The molecule has 1 aliphatic rings. The summed E-state index contributed by atoms with van der Waals surface area (Å²) in [6.07, 6.45) is 8.75. The highest BCUT2D eigenvalue weighted by atomic mass is 16.1. The fourth-order valence-electron chi connectivity index (χ4n) is 2.50. The Bertz CT molecular complexity index is 439. The second kappa shape index (κ2) is 7.22. The molecule has 1 saturated carbocycles. The van der Waals surface area contributed by atoms with Crippen LogP contribution in [0.25, 0.3) is 0 Å². The summed E-state index contributed by atoms with van der Waals surface area (Å²) in [7, 11) is 0. The molecule has 1 aromatic rings. The van der Waals surface area contributed by atoms with Gasteiger partial charge in [0.05, 0.1) is 0 Å². The van der Waals surface area contributed by atoms with Crippen LogP contribution in [-0.2, 0) is 0 Å². The summed E-state index contributed by atoms with van der Waals surface area (Å²) in [4.78, 5) is 20.6. The van der Waals surface area contributed by atoms with Gasteiger partial charge in [-0.15, -0.1) is 0 Å². The Kier molecular flexibility index (Phi) is 5.32. The van der Waals surface area contributed by atoms with E-state index in [1.807, 2.05) is 13.8 Å². The Balaban J connectivity index is 1.97. The smallest absolute Gasteiger partial charge is 0.270 e.